The maximum absolute atomic E-state index is 9.74. The first kappa shape index (κ1) is 11.5. The Balaban J connectivity index is 2.66. The predicted molar refractivity (Wildman–Crippen MR) is 57.9 cm³/mol. The molecule has 4 atom stereocenters. The van der Waals surface area contributed by atoms with Crippen LogP contribution in [-0.2, 0) is 0 Å². The van der Waals surface area contributed by atoms with Gasteiger partial charge in [0.2, 0.25) is 0 Å². The van der Waals surface area contributed by atoms with E-state index in [-0.39, 0.29) is 11.8 Å². The molecule has 14 heavy (non-hydrogen) atoms. The third-order valence-corrected chi connectivity index (χ3v) is 2.96. The molecule has 0 saturated heterocycles. The third kappa shape index (κ3) is 2.69. The lowest BCUT2D eigenvalue weighted by atomic mass is 9.78. The van der Waals surface area contributed by atoms with Crippen molar-refractivity contribution < 1.29 is 10.2 Å². The highest BCUT2D eigenvalue weighted by Gasteiger charge is 2.30. The van der Waals surface area contributed by atoms with Crippen molar-refractivity contribution in [1.82, 2.24) is 0 Å². The van der Waals surface area contributed by atoms with Crippen LogP contribution >= 0.6 is 0 Å². The summed E-state index contributed by atoms with van der Waals surface area (Å²) in [4.78, 5) is 0. The first-order valence-corrected chi connectivity index (χ1v) is 5.20. The van der Waals surface area contributed by atoms with Crippen LogP contribution in [-0.4, -0.2) is 22.4 Å². The van der Waals surface area contributed by atoms with Gasteiger partial charge in [0.1, 0.15) is 0 Å². The van der Waals surface area contributed by atoms with Gasteiger partial charge in [-0.15, -0.1) is 0 Å². The molecule has 0 aromatic rings. The fourth-order valence-corrected chi connectivity index (χ4v) is 1.84. The van der Waals surface area contributed by atoms with Crippen molar-refractivity contribution in [3.8, 4) is 0 Å². The summed E-state index contributed by atoms with van der Waals surface area (Å²) in [5.74, 6) is 0.274. The van der Waals surface area contributed by atoms with Crippen molar-refractivity contribution >= 4 is 0 Å². The Bertz CT molecular complexity index is 239. The molecule has 1 aliphatic rings. The number of aliphatic hydroxyl groups excluding tert-OH is 2. The topological polar surface area (TPSA) is 40.5 Å². The van der Waals surface area contributed by atoms with Gasteiger partial charge in [0, 0.05) is 0 Å². The molecule has 0 bridgehead atoms. The summed E-state index contributed by atoms with van der Waals surface area (Å²) in [6, 6.07) is 0. The van der Waals surface area contributed by atoms with E-state index in [1.807, 2.05) is 20.8 Å². The maximum Gasteiger partial charge on any atom is 0.0756 e. The largest absolute Gasteiger partial charge is 0.389 e. The highest BCUT2D eigenvalue weighted by Crippen LogP contribution is 2.29. The van der Waals surface area contributed by atoms with E-state index in [9.17, 15) is 10.2 Å². The summed E-state index contributed by atoms with van der Waals surface area (Å²) in [6.07, 6.45) is 5.53. The Labute approximate surface area is 86.0 Å². The molecular formula is C12H20O2. The first-order chi connectivity index (χ1) is 6.52. The molecule has 0 aliphatic heterocycles. The van der Waals surface area contributed by atoms with E-state index in [1.165, 1.54) is 5.57 Å². The van der Waals surface area contributed by atoms with Gasteiger partial charge in [-0.1, -0.05) is 30.7 Å². The molecule has 2 N–H and O–H groups in total. The Morgan fingerprint density at radius 1 is 1.21 bits per heavy atom. The Morgan fingerprint density at radius 2 is 1.79 bits per heavy atom. The lowest BCUT2D eigenvalue weighted by Crippen LogP contribution is -2.35. The molecule has 0 heterocycles. The van der Waals surface area contributed by atoms with E-state index < -0.39 is 12.2 Å². The van der Waals surface area contributed by atoms with Gasteiger partial charge in [0.15, 0.2) is 0 Å². The maximum atomic E-state index is 9.74. The number of hydrogen-bond acceptors (Lipinski definition) is 2. The van der Waals surface area contributed by atoms with Crippen LogP contribution in [0.3, 0.4) is 0 Å². The predicted octanol–water partition coefficient (Wildman–Crippen LogP) is 1.89. The molecule has 0 amide bonds. The van der Waals surface area contributed by atoms with Crippen molar-refractivity contribution in [2.45, 2.75) is 39.4 Å². The summed E-state index contributed by atoms with van der Waals surface area (Å²) in [5, 5.41) is 19.4. The zero-order valence-electron chi connectivity index (χ0n) is 9.14. The Morgan fingerprint density at radius 3 is 2.36 bits per heavy atom. The zero-order valence-corrected chi connectivity index (χ0v) is 9.14. The van der Waals surface area contributed by atoms with Gasteiger partial charge >= 0.3 is 0 Å². The number of hydrogen-bond donors (Lipinski definition) is 2. The summed E-state index contributed by atoms with van der Waals surface area (Å²) in [6.45, 7) is 6.08. The highest BCUT2D eigenvalue weighted by molar-refractivity contribution is 5.07. The molecule has 2 nitrogen and oxygen atoms in total. The molecular weight excluding hydrogens is 176 g/mol. The molecule has 80 valence electrons. The van der Waals surface area contributed by atoms with Crippen LogP contribution in [0.25, 0.3) is 0 Å². The summed E-state index contributed by atoms with van der Waals surface area (Å²) >= 11 is 0. The Kier molecular flexibility index (Phi) is 3.90. The van der Waals surface area contributed by atoms with Gasteiger partial charge in [-0.2, -0.15) is 0 Å². The van der Waals surface area contributed by atoms with E-state index in [4.69, 9.17) is 0 Å². The molecule has 0 fully saturated rings. The molecule has 1 rings (SSSR count). The number of allylic oxidation sites excluding steroid dienone is 2. The summed E-state index contributed by atoms with van der Waals surface area (Å²) in [5.41, 5.74) is 1.26. The summed E-state index contributed by atoms with van der Waals surface area (Å²) < 4.78 is 0. The molecule has 1 aliphatic carbocycles. The van der Waals surface area contributed by atoms with Crippen LogP contribution in [0.1, 0.15) is 27.2 Å². The van der Waals surface area contributed by atoms with E-state index in [0.717, 1.165) is 6.42 Å². The Hall–Kier alpha value is -0.600. The van der Waals surface area contributed by atoms with Crippen molar-refractivity contribution in [1.29, 1.82) is 0 Å². The standard InChI is InChI=1S/C12H20O2/c1-8(2)4-5-10-9(3)11(13)6-7-12(10)14/h4,6-7,9-14H,5H2,1-3H3/t9-,10+,11?,12?/m1/s1. The van der Waals surface area contributed by atoms with Crippen LogP contribution in [0.4, 0.5) is 0 Å². The van der Waals surface area contributed by atoms with Crippen molar-refractivity contribution in [2.24, 2.45) is 11.8 Å². The average Bonchev–Trinajstić information content (AvgIpc) is 2.11. The molecule has 0 saturated carbocycles. The van der Waals surface area contributed by atoms with Crippen LogP contribution in [0, 0.1) is 11.8 Å². The van der Waals surface area contributed by atoms with Gasteiger partial charge in [0.05, 0.1) is 12.2 Å². The fraction of sp³-hybridized carbons (Fsp3) is 0.667. The van der Waals surface area contributed by atoms with Crippen LogP contribution in [0.2, 0.25) is 0 Å². The van der Waals surface area contributed by atoms with Gasteiger partial charge < -0.3 is 10.2 Å². The van der Waals surface area contributed by atoms with Gasteiger partial charge in [-0.25, -0.2) is 0 Å². The molecule has 0 aromatic carbocycles. The molecule has 0 spiro atoms. The van der Waals surface area contributed by atoms with Gasteiger partial charge in [-0.3, -0.25) is 0 Å². The van der Waals surface area contributed by atoms with E-state index in [2.05, 4.69) is 6.08 Å². The minimum Gasteiger partial charge on any atom is -0.389 e. The lowest BCUT2D eigenvalue weighted by Gasteiger charge is -2.32. The second-order valence-electron chi connectivity index (χ2n) is 4.41. The van der Waals surface area contributed by atoms with Crippen LogP contribution in [0.5, 0.6) is 0 Å². The molecule has 2 heteroatoms. The molecule has 0 aromatic heterocycles. The fourth-order valence-electron chi connectivity index (χ4n) is 1.84. The van der Waals surface area contributed by atoms with Gasteiger partial charge in [-0.05, 0) is 32.1 Å². The molecule has 0 radical (unpaired) electrons. The molecule has 2 unspecified atom stereocenters. The summed E-state index contributed by atoms with van der Waals surface area (Å²) in [7, 11) is 0. The first-order valence-electron chi connectivity index (χ1n) is 5.20. The second kappa shape index (κ2) is 4.76. The number of aliphatic hydroxyl groups is 2. The smallest absolute Gasteiger partial charge is 0.0756 e. The highest BCUT2D eigenvalue weighted by atomic mass is 16.3. The average molecular weight is 196 g/mol. The third-order valence-electron chi connectivity index (χ3n) is 2.96. The second-order valence-corrected chi connectivity index (χ2v) is 4.41. The van der Waals surface area contributed by atoms with E-state index in [0.29, 0.717) is 0 Å². The SMILES string of the molecule is CC(C)=CC[C@@H]1C(O)C=CC(O)[C@@H]1C. The normalized spacial score (nSPS) is 36.9. The quantitative estimate of drug-likeness (QED) is 0.662. The van der Waals surface area contributed by atoms with Gasteiger partial charge in [0.25, 0.3) is 0 Å². The van der Waals surface area contributed by atoms with Crippen LogP contribution < -0.4 is 0 Å². The van der Waals surface area contributed by atoms with E-state index >= 15 is 0 Å². The minimum atomic E-state index is -0.413. The zero-order chi connectivity index (χ0) is 10.7. The van der Waals surface area contributed by atoms with Crippen molar-refractivity contribution in [3.05, 3.63) is 23.8 Å². The minimum absolute atomic E-state index is 0.130. The van der Waals surface area contributed by atoms with Crippen LogP contribution in [0.15, 0.2) is 23.8 Å². The van der Waals surface area contributed by atoms with Crippen molar-refractivity contribution in [2.75, 3.05) is 0 Å². The van der Waals surface area contributed by atoms with Crippen molar-refractivity contribution in [3.63, 3.8) is 0 Å². The monoisotopic (exact) mass is 196 g/mol. The van der Waals surface area contributed by atoms with E-state index in [1.54, 1.807) is 12.2 Å². The lowest BCUT2D eigenvalue weighted by molar-refractivity contribution is 0.0433. The number of rotatable bonds is 2.